The molecule has 1 atom stereocenters. The number of urea groups is 1. The van der Waals surface area contributed by atoms with E-state index in [0.29, 0.717) is 18.8 Å². The number of aliphatic hydroxyl groups excluding tert-OH is 1. The van der Waals surface area contributed by atoms with E-state index in [2.05, 4.69) is 15.5 Å². The molecule has 3 N–H and O–H groups in total. The number of fused-ring (bicyclic) bond motifs is 1. The number of aromatic nitrogens is 1. The molecular formula is C24H26N4O4. The predicted octanol–water partition coefficient (Wildman–Crippen LogP) is 1.31. The highest BCUT2D eigenvalue weighted by Crippen LogP contribution is 2.34. The SMILES string of the molecule is Cn1cc(-c2ccc(OCC(O)CN3CC4(CNC(=O)N4)C3)c3ccccc23)ccc1=O. The zero-order valence-electron chi connectivity index (χ0n) is 17.9. The van der Waals surface area contributed by atoms with Crippen molar-refractivity contribution in [1.29, 1.82) is 0 Å². The van der Waals surface area contributed by atoms with Gasteiger partial charge in [0.25, 0.3) is 0 Å². The van der Waals surface area contributed by atoms with E-state index < -0.39 is 6.10 Å². The van der Waals surface area contributed by atoms with E-state index in [9.17, 15) is 14.7 Å². The lowest BCUT2D eigenvalue weighted by Crippen LogP contribution is -2.69. The highest BCUT2D eigenvalue weighted by Gasteiger charge is 2.47. The average molecular weight is 434 g/mol. The van der Waals surface area contributed by atoms with Gasteiger partial charge >= 0.3 is 6.03 Å². The van der Waals surface area contributed by atoms with Crippen molar-refractivity contribution in [3.63, 3.8) is 0 Å². The van der Waals surface area contributed by atoms with Gasteiger partial charge in [-0.3, -0.25) is 9.69 Å². The lowest BCUT2D eigenvalue weighted by molar-refractivity contribution is 0.00561. The molecule has 2 aliphatic heterocycles. The first-order chi connectivity index (χ1) is 15.4. The zero-order valence-corrected chi connectivity index (χ0v) is 17.9. The summed E-state index contributed by atoms with van der Waals surface area (Å²) >= 11 is 0. The molecule has 1 spiro atoms. The second-order valence-corrected chi connectivity index (χ2v) is 8.75. The number of carbonyl (C=O) groups is 1. The van der Waals surface area contributed by atoms with Gasteiger partial charge in [0.05, 0.1) is 5.54 Å². The molecule has 0 radical (unpaired) electrons. The standard InChI is InChI=1S/C24H26N4O4/c1-27-10-16(6-9-22(27)30)18-7-8-21(20-5-3-2-4-19(18)20)32-12-17(29)11-28-14-24(15-28)13-25-23(31)26-24/h2-10,17,29H,11-15H2,1H3,(H2,25,26,31). The minimum absolute atomic E-state index is 0.0494. The van der Waals surface area contributed by atoms with E-state index in [1.165, 1.54) is 0 Å². The summed E-state index contributed by atoms with van der Waals surface area (Å²) in [6.45, 7) is 2.74. The summed E-state index contributed by atoms with van der Waals surface area (Å²) in [7, 11) is 1.74. The minimum atomic E-state index is -0.639. The number of nitrogens with one attached hydrogen (secondary N) is 2. The molecule has 2 fully saturated rings. The summed E-state index contributed by atoms with van der Waals surface area (Å²) in [6.07, 6.45) is 1.19. The molecule has 2 aliphatic rings. The molecule has 32 heavy (non-hydrogen) atoms. The highest BCUT2D eigenvalue weighted by atomic mass is 16.5. The van der Waals surface area contributed by atoms with Crippen LogP contribution >= 0.6 is 0 Å². The quantitative estimate of drug-likeness (QED) is 0.544. The summed E-state index contributed by atoms with van der Waals surface area (Å²) in [6, 6.07) is 15.1. The average Bonchev–Trinajstić information content (AvgIpc) is 3.15. The third-order valence-corrected chi connectivity index (χ3v) is 6.20. The maximum Gasteiger partial charge on any atom is 0.315 e. The Hall–Kier alpha value is -3.36. The first kappa shape index (κ1) is 20.5. The third-order valence-electron chi connectivity index (χ3n) is 6.20. The van der Waals surface area contributed by atoms with Crippen molar-refractivity contribution in [3.05, 3.63) is 65.1 Å². The molecular weight excluding hydrogens is 408 g/mol. The van der Waals surface area contributed by atoms with Gasteiger partial charge in [-0.1, -0.05) is 24.3 Å². The Morgan fingerprint density at radius 1 is 1.09 bits per heavy atom. The number of carbonyl (C=O) groups excluding carboxylic acids is 1. The maximum absolute atomic E-state index is 11.8. The van der Waals surface area contributed by atoms with Gasteiger partial charge in [0.2, 0.25) is 5.56 Å². The number of nitrogens with zero attached hydrogens (tertiary/aromatic N) is 2. The van der Waals surface area contributed by atoms with E-state index in [1.54, 1.807) is 17.7 Å². The Kier molecular flexibility index (Phi) is 5.11. The number of amides is 2. The second kappa shape index (κ2) is 7.96. The van der Waals surface area contributed by atoms with Crippen LogP contribution in [0.15, 0.2) is 59.5 Å². The molecule has 166 valence electrons. The third kappa shape index (κ3) is 3.83. The smallest absolute Gasteiger partial charge is 0.315 e. The van der Waals surface area contributed by atoms with Gasteiger partial charge in [0.1, 0.15) is 18.5 Å². The highest BCUT2D eigenvalue weighted by molar-refractivity contribution is 6.00. The molecule has 0 bridgehead atoms. The topological polar surface area (TPSA) is 95.8 Å². The first-order valence-electron chi connectivity index (χ1n) is 10.7. The Morgan fingerprint density at radius 2 is 1.88 bits per heavy atom. The van der Waals surface area contributed by atoms with Crippen LogP contribution in [0.1, 0.15) is 0 Å². The van der Waals surface area contributed by atoms with Gasteiger partial charge in [0, 0.05) is 50.9 Å². The van der Waals surface area contributed by atoms with Crippen LogP contribution in [-0.4, -0.2) is 65.0 Å². The second-order valence-electron chi connectivity index (χ2n) is 8.75. The lowest BCUT2D eigenvalue weighted by atomic mass is 9.91. The van der Waals surface area contributed by atoms with E-state index in [4.69, 9.17) is 4.74 Å². The number of benzene rings is 2. The molecule has 0 saturated carbocycles. The van der Waals surface area contributed by atoms with Gasteiger partial charge in [-0.25, -0.2) is 4.79 Å². The van der Waals surface area contributed by atoms with Crippen LogP contribution < -0.4 is 20.9 Å². The summed E-state index contributed by atoms with van der Waals surface area (Å²) in [5.74, 6) is 0.709. The van der Waals surface area contributed by atoms with Crippen LogP contribution in [-0.2, 0) is 7.05 Å². The number of hydrogen-bond acceptors (Lipinski definition) is 5. The van der Waals surface area contributed by atoms with Crippen LogP contribution in [0.5, 0.6) is 5.75 Å². The van der Waals surface area contributed by atoms with Crippen molar-refractivity contribution in [1.82, 2.24) is 20.1 Å². The van der Waals surface area contributed by atoms with Crippen molar-refractivity contribution in [3.8, 4) is 16.9 Å². The number of rotatable bonds is 6. The molecule has 0 aliphatic carbocycles. The monoisotopic (exact) mass is 434 g/mol. The summed E-state index contributed by atoms with van der Waals surface area (Å²) in [5, 5.41) is 18.2. The number of ether oxygens (including phenoxy) is 1. The van der Waals surface area contributed by atoms with Gasteiger partial charge < -0.3 is 25.0 Å². The maximum atomic E-state index is 11.8. The normalized spacial score (nSPS) is 18.2. The largest absolute Gasteiger partial charge is 0.490 e. The Balaban J connectivity index is 1.27. The number of aryl methyl sites for hydroxylation is 1. The molecule has 1 aromatic heterocycles. The molecule has 3 aromatic rings. The van der Waals surface area contributed by atoms with Gasteiger partial charge in [0.15, 0.2) is 0 Å². The van der Waals surface area contributed by atoms with E-state index in [1.807, 2.05) is 48.7 Å². The summed E-state index contributed by atoms with van der Waals surface area (Å²) in [4.78, 5) is 25.2. The molecule has 8 heteroatoms. The van der Waals surface area contributed by atoms with Crippen LogP contribution in [0.25, 0.3) is 21.9 Å². The lowest BCUT2D eigenvalue weighted by Gasteiger charge is -2.47. The van der Waals surface area contributed by atoms with Crippen LogP contribution in [0.3, 0.4) is 0 Å². The Labute approximate surface area is 185 Å². The molecule has 8 nitrogen and oxygen atoms in total. The first-order valence-corrected chi connectivity index (χ1v) is 10.7. The van der Waals surface area contributed by atoms with E-state index in [0.717, 1.165) is 35.0 Å². The van der Waals surface area contributed by atoms with Gasteiger partial charge in [-0.15, -0.1) is 0 Å². The fourth-order valence-electron chi connectivity index (χ4n) is 4.65. The predicted molar refractivity (Wildman–Crippen MR) is 122 cm³/mol. The van der Waals surface area contributed by atoms with Crippen molar-refractivity contribution < 1.29 is 14.6 Å². The number of likely N-dealkylation sites (tertiary alicyclic amines) is 1. The fraction of sp³-hybridized carbons (Fsp3) is 0.333. The number of pyridine rings is 1. The fourth-order valence-corrected chi connectivity index (χ4v) is 4.65. The molecule has 2 saturated heterocycles. The van der Waals surface area contributed by atoms with Crippen molar-refractivity contribution in [2.75, 3.05) is 32.8 Å². The molecule has 2 amide bonds. The van der Waals surface area contributed by atoms with Crippen LogP contribution in [0.4, 0.5) is 4.79 Å². The summed E-state index contributed by atoms with van der Waals surface area (Å²) in [5.41, 5.74) is 1.73. The number of β-amino-alcohol motifs (C(OH)–C–C–N with tert-alkyl or cyclic N) is 1. The molecule has 3 heterocycles. The molecule has 5 rings (SSSR count). The minimum Gasteiger partial charge on any atom is -0.490 e. The summed E-state index contributed by atoms with van der Waals surface area (Å²) < 4.78 is 7.57. The van der Waals surface area contributed by atoms with E-state index >= 15 is 0 Å². The number of hydrogen-bond donors (Lipinski definition) is 3. The number of aliphatic hydroxyl groups is 1. The van der Waals surface area contributed by atoms with E-state index in [-0.39, 0.29) is 23.7 Å². The van der Waals surface area contributed by atoms with Gasteiger partial charge in [-0.05, 0) is 34.7 Å². The van der Waals surface area contributed by atoms with Crippen LogP contribution in [0, 0.1) is 0 Å². The van der Waals surface area contributed by atoms with Crippen molar-refractivity contribution >= 4 is 16.8 Å². The van der Waals surface area contributed by atoms with Crippen molar-refractivity contribution in [2.24, 2.45) is 7.05 Å². The van der Waals surface area contributed by atoms with Gasteiger partial charge in [-0.2, -0.15) is 0 Å². The Morgan fingerprint density at radius 3 is 2.59 bits per heavy atom. The zero-order chi connectivity index (χ0) is 22.3. The Bertz CT molecular complexity index is 1230. The van der Waals surface area contributed by atoms with Crippen molar-refractivity contribution in [2.45, 2.75) is 11.6 Å². The molecule has 1 unspecified atom stereocenters. The van der Waals surface area contributed by atoms with Crippen LogP contribution in [0.2, 0.25) is 0 Å². The molecule has 2 aromatic carbocycles.